The number of esters is 1. The summed E-state index contributed by atoms with van der Waals surface area (Å²) in [5, 5.41) is 10.2. The maximum atomic E-state index is 11.7. The molecule has 0 fully saturated rings. The Kier molecular flexibility index (Phi) is 4.27. The molecule has 1 heterocycles. The average molecular weight is 289 g/mol. The highest BCUT2D eigenvalue weighted by Crippen LogP contribution is 2.31. The first-order valence-corrected chi connectivity index (χ1v) is 6.34. The van der Waals surface area contributed by atoms with Gasteiger partial charge in [-0.2, -0.15) is 0 Å². The molecule has 1 aromatic heterocycles. The summed E-state index contributed by atoms with van der Waals surface area (Å²) in [6, 6.07) is 6.84. The van der Waals surface area contributed by atoms with Gasteiger partial charge in [-0.25, -0.2) is 4.79 Å². The molecule has 0 aliphatic carbocycles. The normalized spacial score (nSPS) is 10.2. The second kappa shape index (κ2) is 6.13. The zero-order chi connectivity index (χ0) is 15.4. The molecule has 0 atom stereocenters. The van der Waals surface area contributed by atoms with E-state index in [4.69, 9.17) is 9.47 Å². The summed E-state index contributed by atoms with van der Waals surface area (Å²) in [5.41, 5.74) is -0.121. The van der Waals surface area contributed by atoms with Crippen LogP contribution in [-0.2, 0) is 4.74 Å². The standard InChI is InChI=1S/C15H15NO5/c1-3-21-15(19)12-13(17)11(8-16-14(12)18)9-4-6-10(20-2)7-5-9/h4-8H,3H2,1-2H3,(H2,16,17,18). The molecule has 110 valence electrons. The van der Waals surface area contributed by atoms with Gasteiger partial charge in [0.2, 0.25) is 0 Å². The molecule has 0 unspecified atom stereocenters. The molecule has 0 saturated heterocycles. The van der Waals surface area contributed by atoms with Crippen LogP contribution in [0, 0.1) is 0 Å². The van der Waals surface area contributed by atoms with Crippen LogP contribution in [0.1, 0.15) is 17.3 Å². The molecule has 0 aliphatic rings. The van der Waals surface area contributed by atoms with Crippen LogP contribution in [0.5, 0.6) is 11.5 Å². The number of benzene rings is 1. The molecule has 2 rings (SSSR count). The van der Waals surface area contributed by atoms with Gasteiger partial charge < -0.3 is 19.6 Å². The Morgan fingerprint density at radius 1 is 1.29 bits per heavy atom. The van der Waals surface area contributed by atoms with Crippen molar-refractivity contribution in [1.29, 1.82) is 0 Å². The maximum absolute atomic E-state index is 11.7. The first-order chi connectivity index (χ1) is 10.1. The van der Waals surface area contributed by atoms with Crippen molar-refractivity contribution >= 4 is 5.97 Å². The van der Waals surface area contributed by atoms with Crippen LogP contribution in [0.2, 0.25) is 0 Å². The van der Waals surface area contributed by atoms with Gasteiger partial charge in [-0.05, 0) is 24.6 Å². The molecule has 2 N–H and O–H groups in total. The highest BCUT2D eigenvalue weighted by molar-refractivity contribution is 5.94. The van der Waals surface area contributed by atoms with Gasteiger partial charge in [-0.1, -0.05) is 12.1 Å². The number of hydrogen-bond donors (Lipinski definition) is 2. The number of aromatic hydroxyl groups is 1. The molecule has 1 aromatic carbocycles. The number of carbonyl (C=O) groups excluding carboxylic acids is 1. The number of hydrogen-bond acceptors (Lipinski definition) is 5. The van der Waals surface area contributed by atoms with Crippen molar-refractivity contribution in [1.82, 2.24) is 4.98 Å². The van der Waals surface area contributed by atoms with Crippen molar-refractivity contribution < 1.29 is 19.4 Å². The molecule has 0 spiro atoms. The summed E-state index contributed by atoms with van der Waals surface area (Å²) in [7, 11) is 1.55. The molecule has 0 amide bonds. The van der Waals surface area contributed by atoms with E-state index >= 15 is 0 Å². The van der Waals surface area contributed by atoms with Crippen molar-refractivity contribution in [2.24, 2.45) is 0 Å². The van der Waals surface area contributed by atoms with Crippen molar-refractivity contribution in [3.63, 3.8) is 0 Å². The molecule has 6 nitrogen and oxygen atoms in total. The van der Waals surface area contributed by atoms with Crippen molar-refractivity contribution in [2.45, 2.75) is 6.92 Å². The lowest BCUT2D eigenvalue weighted by molar-refractivity contribution is 0.0521. The van der Waals surface area contributed by atoms with E-state index in [1.54, 1.807) is 38.3 Å². The Morgan fingerprint density at radius 2 is 1.95 bits per heavy atom. The molecule has 6 heteroatoms. The second-order valence-corrected chi connectivity index (χ2v) is 4.20. The first-order valence-electron chi connectivity index (χ1n) is 6.34. The fourth-order valence-corrected chi connectivity index (χ4v) is 1.90. The number of carbonyl (C=O) groups is 1. The van der Waals surface area contributed by atoms with E-state index in [2.05, 4.69) is 4.98 Å². The smallest absolute Gasteiger partial charge is 0.347 e. The largest absolute Gasteiger partial charge is 0.506 e. The number of H-pyrrole nitrogens is 1. The molecule has 21 heavy (non-hydrogen) atoms. The Bertz CT molecular complexity index is 703. The Hall–Kier alpha value is -2.76. The van der Waals surface area contributed by atoms with Crippen LogP contribution in [0.4, 0.5) is 0 Å². The third kappa shape index (κ3) is 2.89. The highest BCUT2D eigenvalue weighted by Gasteiger charge is 2.20. The number of aromatic amines is 1. The predicted molar refractivity (Wildman–Crippen MR) is 76.7 cm³/mol. The third-order valence-electron chi connectivity index (χ3n) is 2.95. The Labute approximate surface area is 121 Å². The van der Waals surface area contributed by atoms with Crippen LogP contribution in [0.3, 0.4) is 0 Å². The minimum Gasteiger partial charge on any atom is -0.506 e. The van der Waals surface area contributed by atoms with E-state index < -0.39 is 22.8 Å². The maximum Gasteiger partial charge on any atom is 0.347 e. The lowest BCUT2D eigenvalue weighted by Crippen LogP contribution is -2.20. The van der Waals surface area contributed by atoms with Crippen molar-refractivity contribution in [3.05, 3.63) is 46.4 Å². The number of aromatic nitrogens is 1. The van der Waals surface area contributed by atoms with Crippen LogP contribution in [0.25, 0.3) is 11.1 Å². The quantitative estimate of drug-likeness (QED) is 0.840. The lowest BCUT2D eigenvalue weighted by Gasteiger charge is -2.09. The van der Waals surface area contributed by atoms with Crippen molar-refractivity contribution in [2.75, 3.05) is 13.7 Å². The zero-order valence-corrected chi connectivity index (χ0v) is 11.7. The summed E-state index contributed by atoms with van der Waals surface area (Å²) in [6.45, 7) is 1.74. The average Bonchev–Trinajstić information content (AvgIpc) is 2.48. The fourth-order valence-electron chi connectivity index (χ4n) is 1.90. The van der Waals surface area contributed by atoms with Gasteiger partial charge in [0.25, 0.3) is 5.56 Å². The summed E-state index contributed by atoms with van der Waals surface area (Å²) < 4.78 is 9.83. The highest BCUT2D eigenvalue weighted by atomic mass is 16.5. The summed E-state index contributed by atoms with van der Waals surface area (Å²) >= 11 is 0. The number of ether oxygens (including phenoxy) is 2. The van der Waals surface area contributed by atoms with Crippen LogP contribution >= 0.6 is 0 Å². The number of nitrogens with one attached hydrogen (secondary N) is 1. The van der Waals surface area contributed by atoms with E-state index in [1.807, 2.05) is 0 Å². The first kappa shape index (κ1) is 14.6. The molecular formula is C15H15NO5. The topological polar surface area (TPSA) is 88.6 Å². The summed E-state index contributed by atoms with van der Waals surface area (Å²) in [6.07, 6.45) is 1.35. The molecule has 2 aromatic rings. The van der Waals surface area contributed by atoms with E-state index in [9.17, 15) is 14.7 Å². The minimum atomic E-state index is -0.855. The number of methoxy groups -OCH3 is 1. The fraction of sp³-hybridized carbons (Fsp3) is 0.200. The number of rotatable bonds is 4. The molecule has 0 saturated carbocycles. The minimum absolute atomic E-state index is 0.116. The predicted octanol–water partition coefficient (Wildman–Crippen LogP) is 1.93. The van der Waals surface area contributed by atoms with Crippen molar-refractivity contribution in [3.8, 4) is 22.6 Å². The van der Waals surface area contributed by atoms with Gasteiger partial charge in [0.15, 0.2) is 5.56 Å². The molecule has 0 aliphatic heterocycles. The molecule has 0 bridgehead atoms. The van der Waals surface area contributed by atoms with Gasteiger partial charge >= 0.3 is 5.97 Å². The zero-order valence-electron chi connectivity index (χ0n) is 11.7. The van der Waals surface area contributed by atoms with Crippen LogP contribution in [-0.4, -0.2) is 29.8 Å². The van der Waals surface area contributed by atoms with E-state index in [1.165, 1.54) is 6.20 Å². The Morgan fingerprint density at radius 3 is 2.52 bits per heavy atom. The van der Waals surface area contributed by atoms with E-state index in [-0.39, 0.29) is 6.61 Å². The van der Waals surface area contributed by atoms with Gasteiger partial charge in [0, 0.05) is 11.8 Å². The Balaban J connectivity index is 2.52. The van der Waals surface area contributed by atoms with E-state index in [0.29, 0.717) is 16.9 Å². The SMILES string of the molecule is CCOC(=O)c1c(O)c(-c2ccc(OC)cc2)c[nH]c1=O. The second-order valence-electron chi connectivity index (χ2n) is 4.20. The monoisotopic (exact) mass is 289 g/mol. The van der Waals surface area contributed by atoms with Gasteiger partial charge in [-0.3, -0.25) is 4.79 Å². The van der Waals surface area contributed by atoms with E-state index in [0.717, 1.165) is 0 Å². The summed E-state index contributed by atoms with van der Waals surface area (Å²) in [4.78, 5) is 25.9. The van der Waals surface area contributed by atoms with Gasteiger partial charge in [0.05, 0.1) is 13.7 Å². The third-order valence-corrected chi connectivity index (χ3v) is 2.95. The van der Waals surface area contributed by atoms with Crippen LogP contribution < -0.4 is 10.3 Å². The van der Waals surface area contributed by atoms with Crippen LogP contribution in [0.15, 0.2) is 35.3 Å². The number of pyridine rings is 1. The summed E-state index contributed by atoms with van der Waals surface area (Å²) in [5.74, 6) is -0.595. The van der Waals surface area contributed by atoms with Gasteiger partial charge in [-0.15, -0.1) is 0 Å². The van der Waals surface area contributed by atoms with Gasteiger partial charge in [0.1, 0.15) is 11.5 Å². The molecular weight excluding hydrogens is 274 g/mol. The lowest BCUT2D eigenvalue weighted by atomic mass is 10.0. The molecule has 0 radical (unpaired) electrons.